The molecular formula is C13H14N6O. The van der Waals surface area contributed by atoms with E-state index in [1.165, 1.54) is 0 Å². The van der Waals surface area contributed by atoms with Gasteiger partial charge in [0.25, 0.3) is 0 Å². The molecule has 0 spiro atoms. The van der Waals surface area contributed by atoms with Gasteiger partial charge in [0.15, 0.2) is 11.5 Å². The summed E-state index contributed by atoms with van der Waals surface area (Å²) in [5, 5.41) is 3.21. The molecule has 0 aromatic carbocycles. The summed E-state index contributed by atoms with van der Waals surface area (Å²) in [7, 11) is 1.59. The third-order valence-corrected chi connectivity index (χ3v) is 2.86. The van der Waals surface area contributed by atoms with Crippen molar-refractivity contribution in [1.29, 1.82) is 0 Å². The molecule has 20 heavy (non-hydrogen) atoms. The van der Waals surface area contributed by atoms with E-state index in [2.05, 4.69) is 20.3 Å². The fourth-order valence-electron chi connectivity index (χ4n) is 1.89. The van der Waals surface area contributed by atoms with Crippen LogP contribution in [0.3, 0.4) is 0 Å². The van der Waals surface area contributed by atoms with Crippen molar-refractivity contribution >= 4 is 17.3 Å². The van der Waals surface area contributed by atoms with E-state index in [1.807, 2.05) is 22.7 Å². The number of anilines is 2. The molecule has 3 aromatic rings. The zero-order valence-corrected chi connectivity index (χ0v) is 10.9. The first kappa shape index (κ1) is 12.2. The second-order valence-corrected chi connectivity index (χ2v) is 4.23. The number of hydrogen-bond acceptors (Lipinski definition) is 6. The Bertz CT molecular complexity index is 721. The van der Waals surface area contributed by atoms with Crippen LogP contribution in [0, 0.1) is 0 Å². The summed E-state index contributed by atoms with van der Waals surface area (Å²) in [5.74, 6) is 1.67. The molecule has 0 saturated heterocycles. The number of nitrogens with two attached hydrogens (primary N) is 1. The van der Waals surface area contributed by atoms with Crippen LogP contribution in [0.25, 0.3) is 5.65 Å². The number of hydrogen-bond donors (Lipinski definition) is 2. The van der Waals surface area contributed by atoms with Crippen LogP contribution >= 0.6 is 0 Å². The number of aromatic nitrogens is 4. The minimum Gasteiger partial charge on any atom is -0.481 e. The summed E-state index contributed by atoms with van der Waals surface area (Å²) in [6.45, 7) is 0.579. The Kier molecular flexibility index (Phi) is 3.08. The third kappa shape index (κ3) is 2.33. The maximum Gasteiger partial charge on any atom is 0.212 e. The lowest BCUT2D eigenvalue weighted by molar-refractivity contribution is 0.397. The molecule has 3 N–H and O–H groups in total. The van der Waals surface area contributed by atoms with Gasteiger partial charge < -0.3 is 20.2 Å². The van der Waals surface area contributed by atoms with Gasteiger partial charge in [-0.2, -0.15) is 0 Å². The van der Waals surface area contributed by atoms with Gasteiger partial charge in [-0.3, -0.25) is 0 Å². The average Bonchev–Trinajstić information content (AvgIpc) is 2.93. The summed E-state index contributed by atoms with van der Waals surface area (Å²) in [4.78, 5) is 12.7. The number of nitrogens with one attached hydrogen (secondary N) is 1. The molecule has 102 valence electrons. The summed E-state index contributed by atoms with van der Waals surface area (Å²) in [6.07, 6.45) is 7.01. The third-order valence-electron chi connectivity index (χ3n) is 2.86. The van der Waals surface area contributed by atoms with Crippen LogP contribution in [-0.4, -0.2) is 26.5 Å². The van der Waals surface area contributed by atoms with Crippen LogP contribution in [0.4, 0.5) is 11.6 Å². The molecule has 0 atom stereocenters. The van der Waals surface area contributed by atoms with Gasteiger partial charge in [-0.05, 0) is 5.56 Å². The van der Waals surface area contributed by atoms with Gasteiger partial charge in [0, 0.05) is 31.2 Å². The quantitative estimate of drug-likeness (QED) is 0.743. The maximum atomic E-state index is 5.76. The number of nitrogen functional groups attached to an aromatic ring is 1. The Morgan fingerprint density at radius 1 is 1.35 bits per heavy atom. The normalized spacial score (nSPS) is 10.7. The van der Waals surface area contributed by atoms with Crippen molar-refractivity contribution in [3.8, 4) is 5.88 Å². The molecule has 3 rings (SSSR count). The molecule has 7 heteroatoms. The largest absolute Gasteiger partial charge is 0.481 e. The summed E-state index contributed by atoms with van der Waals surface area (Å²) < 4.78 is 6.85. The lowest BCUT2D eigenvalue weighted by Gasteiger charge is -2.08. The maximum absolute atomic E-state index is 5.76. The Hall–Kier alpha value is -2.83. The SMILES string of the molecule is COc1ccc(CNc2nc(N)cn3ccnc23)cn1. The van der Waals surface area contributed by atoms with Crippen molar-refractivity contribution in [3.05, 3.63) is 42.5 Å². The predicted octanol–water partition coefficient (Wildman–Crippen LogP) is 1.33. The minimum atomic E-state index is 0.436. The van der Waals surface area contributed by atoms with E-state index in [1.54, 1.807) is 25.7 Å². The van der Waals surface area contributed by atoms with Crippen molar-refractivity contribution in [2.24, 2.45) is 0 Å². The predicted molar refractivity (Wildman–Crippen MR) is 75.5 cm³/mol. The van der Waals surface area contributed by atoms with E-state index in [0.29, 0.717) is 24.1 Å². The van der Waals surface area contributed by atoms with Gasteiger partial charge in [0.05, 0.1) is 13.3 Å². The Morgan fingerprint density at radius 3 is 3.00 bits per heavy atom. The van der Waals surface area contributed by atoms with Gasteiger partial charge in [0.1, 0.15) is 5.82 Å². The fraction of sp³-hybridized carbons (Fsp3) is 0.154. The minimum absolute atomic E-state index is 0.436. The van der Waals surface area contributed by atoms with Crippen LogP contribution in [0.1, 0.15) is 5.56 Å². The molecule has 0 radical (unpaired) electrons. The monoisotopic (exact) mass is 270 g/mol. The van der Waals surface area contributed by atoms with E-state index in [0.717, 1.165) is 11.2 Å². The van der Waals surface area contributed by atoms with Crippen molar-refractivity contribution in [2.75, 3.05) is 18.2 Å². The number of ether oxygens (including phenoxy) is 1. The highest BCUT2D eigenvalue weighted by atomic mass is 16.5. The standard InChI is InChI=1S/C13H14N6O/c1-20-11-3-2-9(6-16-11)7-17-12-13-15-4-5-19(13)8-10(14)18-12/h2-6,8H,7,14H2,1H3,(H,17,18). The number of rotatable bonds is 4. The van der Waals surface area contributed by atoms with Crippen molar-refractivity contribution in [3.63, 3.8) is 0 Å². The lowest BCUT2D eigenvalue weighted by Crippen LogP contribution is -2.06. The highest BCUT2D eigenvalue weighted by molar-refractivity contribution is 5.64. The number of nitrogens with zero attached hydrogens (tertiary/aromatic N) is 4. The van der Waals surface area contributed by atoms with Gasteiger partial charge in [-0.15, -0.1) is 0 Å². The number of imidazole rings is 1. The van der Waals surface area contributed by atoms with Crippen LogP contribution in [0.5, 0.6) is 5.88 Å². The second-order valence-electron chi connectivity index (χ2n) is 4.23. The summed E-state index contributed by atoms with van der Waals surface area (Å²) in [5.41, 5.74) is 7.51. The molecule has 0 aliphatic heterocycles. The molecular weight excluding hydrogens is 256 g/mol. The smallest absolute Gasteiger partial charge is 0.212 e. The highest BCUT2D eigenvalue weighted by Crippen LogP contribution is 2.16. The van der Waals surface area contributed by atoms with Crippen LogP contribution in [0.15, 0.2) is 36.9 Å². The van der Waals surface area contributed by atoms with Gasteiger partial charge in [-0.1, -0.05) is 6.07 Å². The molecule has 0 bridgehead atoms. The summed E-state index contributed by atoms with van der Waals surface area (Å²) >= 11 is 0. The molecule has 0 aliphatic carbocycles. The molecule has 0 amide bonds. The Morgan fingerprint density at radius 2 is 2.25 bits per heavy atom. The topological polar surface area (TPSA) is 90.4 Å². The molecule has 3 heterocycles. The fourth-order valence-corrected chi connectivity index (χ4v) is 1.89. The number of pyridine rings is 1. The number of fused-ring (bicyclic) bond motifs is 1. The van der Waals surface area contributed by atoms with E-state index >= 15 is 0 Å². The first-order valence-corrected chi connectivity index (χ1v) is 6.08. The van der Waals surface area contributed by atoms with Crippen LogP contribution in [-0.2, 0) is 6.54 Å². The van der Waals surface area contributed by atoms with E-state index < -0.39 is 0 Å². The van der Waals surface area contributed by atoms with Crippen molar-refractivity contribution in [1.82, 2.24) is 19.4 Å². The zero-order valence-electron chi connectivity index (χ0n) is 10.9. The average molecular weight is 270 g/mol. The molecule has 0 saturated carbocycles. The molecule has 0 fully saturated rings. The molecule has 0 unspecified atom stereocenters. The molecule has 0 aliphatic rings. The van der Waals surface area contributed by atoms with Gasteiger partial charge in [0.2, 0.25) is 5.88 Å². The van der Waals surface area contributed by atoms with Crippen molar-refractivity contribution in [2.45, 2.75) is 6.54 Å². The van der Waals surface area contributed by atoms with Gasteiger partial charge in [-0.25, -0.2) is 15.0 Å². The van der Waals surface area contributed by atoms with Crippen LogP contribution < -0.4 is 15.8 Å². The Balaban J connectivity index is 1.80. The highest BCUT2D eigenvalue weighted by Gasteiger charge is 2.06. The molecule has 3 aromatic heterocycles. The lowest BCUT2D eigenvalue weighted by atomic mass is 10.3. The first-order valence-electron chi connectivity index (χ1n) is 6.08. The van der Waals surface area contributed by atoms with Crippen molar-refractivity contribution < 1.29 is 4.74 Å². The summed E-state index contributed by atoms with van der Waals surface area (Å²) in [6, 6.07) is 3.75. The second kappa shape index (κ2) is 5.04. The molecule has 7 nitrogen and oxygen atoms in total. The van der Waals surface area contributed by atoms with E-state index in [-0.39, 0.29) is 0 Å². The first-order chi connectivity index (χ1) is 9.76. The number of methoxy groups -OCH3 is 1. The Labute approximate surface area is 115 Å². The van der Waals surface area contributed by atoms with Gasteiger partial charge >= 0.3 is 0 Å². The van der Waals surface area contributed by atoms with E-state index in [4.69, 9.17) is 10.5 Å². The van der Waals surface area contributed by atoms with E-state index in [9.17, 15) is 0 Å². The zero-order chi connectivity index (χ0) is 13.9. The van der Waals surface area contributed by atoms with Crippen LogP contribution in [0.2, 0.25) is 0 Å².